The van der Waals surface area contributed by atoms with Crippen molar-refractivity contribution in [2.45, 2.75) is 88.0 Å². The van der Waals surface area contributed by atoms with Crippen molar-refractivity contribution in [3.63, 3.8) is 0 Å². The maximum Gasteiger partial charge on any atom is 0.419 e. The SMILES string of the molecule is CCC1CN(CCOc2ccc(N3C(=S)N(c4cnc(C#N)c(C(F)(F)F)c4)C(=O)C34CCC4)cc2C2CC2)CCN1CC(=O)Nc1cccc(NC2CCC(=O)NC2=O)c1. The number of hydrogen-bond acceptors (Lipinski definition) is 11. The average Bonchev–Trinajstić information content (AvgIpc) is 4.03. The van der Waals surface area contributed by atoms with Gasteiger partial charge in [0.1, 0.15) is 30.0 Å². The van der Waals surface area contributed by atoms with Crippen LogP contribution < -0.4 is 30.5 Å². The summed E-state index contributed by atoms with van der Waals surface area (Å²) in [5, 5.41) is 17.8. The van der Waals surface area contributed by atoms with Gasteiger partial charge in [-0.25, -0.2) is 4.98 Å². The molecule has 1 spiro atoms. The van der Waals surface area contributed by atoms with Crippen molar-refractivity contribution in [3.8, 4) is 11.8 Å². The molecule has 18 heteroatoms. The second kappa shape index (κ2) is 17.0. The zero-order valence-electron chi connectivity index (χ0n) is 33.6. The Morgan fingerprint density at radius 2 is 1.85 bits per heavy atom. The summed E-state index contributed by atoms with van der Waals surface area (Å²) in [5.41, 5.74) is -0.195. The molecule has 2 aliphatic carbocycles. The van der Waals surface area contributed by atoms with Crippen LogP contribution in [0, 0.1) is 11.3 Å². The van der Waals surface area contributed by atoms with Crippen LogP contribution in [-0.4, -0.2) is 100 Å². The lowest BCUT2D eigenvalue weighted by Gasteiger charge is -2.43. The Morgan fingerprint density at radius 1 is 1.07 bits per heavy atom. The van der Waals surface area contributed by atoms with Crippen LogP contribution >= 0.6 is 12.2 Å². The molecule has 14 nitrogen and oxygen atoms in total. The van der Waals surface area contributed by atoms with E-state index in [0.29, 0.717) is 56.0 Å². The lowest BCUT2D eigenvalue weighted by atomic mass is 9.75. The minimum Gasteiger partial charge on any atom is -0.492 e. The van der Waals surface area contributed by atoms with Gasteiger partial charge in [-0.15, -0.1) is 0 Å². The minimum absolute atomic E-state index is 0.0652. The minimum atomic E-state index is -4.84. The zero-order valence-corrected chi connectivity index (χ0v) is 34.4. The molecule has 2 saturated carbocycles. The number of anilines is 4. The number of thiocarbonyl (C=S) groups is 1. The molecule has 0 radical (unpaired) electrons. The van der Waals surface area contributed by atoms with E-state index in [2.05, 4.69) is 37.7 Å². The number of carbonyl (C=O) groups excluding carboxylic acids is 4. The number of nitriles is 1. The van der Waals surface area contributed by atoms with E-state index < -0.39 is 34.9 Å². The molecule has 3 saturated heterocycles. The Bertz CT molecular complexity index is 2300. The molecule has 1 aromatic heterocycles. The van der Waals surface area contributed by atoms with Gasteiger partial charge in [0, 0.05) is 55.7 Å². The zero-order chi connectivity index (χ0) is 43.1. The highest BCUT2D eigenvalue weighted by molar-refractivity contribution is 7.81. The number of nitrogens with one attached hydrogen (secondary N) is 3. The van der Waals surface area contributed by atoms with E-state index in [1.54, 1.807) is 23.1 Å². The van der Waals surface area contributed by atoms with Gasteiger partial charge in [0.05, 0.1) is 24.0 Å². The molecule has 2 unspecified atom stereocenters. The number of halogens is 3. The van der Waals surface area contributed by atoms with E-state index in [9.17, 15) is 37.6 Å². The summed E-state index contributed by atoms with van der Waals surface area (Å²) in [5.74, 6) is -0.175. The van der Waals surface area contributed by atoms with Crippen LogP contribution in [0.3, 0.4) is 0 Å². The van der Waals surface area contributed by atoms with Gasteiger partial charge in [0.15, 0.2) is 10.8 Å². The fourth-order valence-corrected chi connectivity index (χ4v) is 9.22. The third-order valence-corrected chi connectivity index (χ3v) is 12.7. The molecule has 5 aliphatic rings. The molecule has 4 heterocycles. The standard InChI is InChI=1S/C43H46F3N9O5S/c1-2-29-24-52(15-16-53(29)25-38(57)50-28-6-3-5-27(19-28)49-34-10-12-37(56)51-39(34)58)17-18-60-36-11-9-30(20-32(36)26-7-8-26)55-41(61)54(40(59)42(55)13-4-14-42)31-21-33(43(44,45)46)35(22-47)48-23-31/h3,5-6,9,11,19-21,23,26,29,34,49H,2,4,7-8,10,12-18,24-25H2,1H3,(H,50,57)(H,51,56,58). The maximum atomic E-state index is 14.0. The molecule has 61 heavy (non-hydrogen) atoms. The summed E-state index contributed by atoms with van der Waals surface area (Å²) in [6, 6.07) is 14.8. The first-order chi connectivity index (χ1) is 29.3. The van der Waals surface area contributed by atoms with Crippen molar-refractivity contribution in [1.82, 2.24) is 20.1 Å². The summed E-state index contributed by atoms with van der Waals surface area (Å²) in [4.78, 5) is 62.1. The first-order valence-electron chi connectivity index (χ1n) is 20.7. The lowest BCUT2D eigenvalue weighted by molar-refractivity contribution is -0.138. The van der Waals surface area contributed by atoms with Crippen LogP contribution in [0.5, 0.6) is 5.75 Å². The molecule has 320 valence electrons. The van der Waals surface area contributed by atoms with Crippen molar-refractivity contribution >= 4 is 63.7 Å². The Morgan fingerprint density at radius 3 is 2.54 bits per heavy atom. The number of nitrogens with zero attached hydrogens (tertiary/aromatic N) is 6. The number of ether oxygens (including phenoxy) is 1. The van der Waals surface area contributed by atoms with E-state index in [0.717, 1.165) is 67.2 Å². The molecule has 4 amide bonds. The van der Waals surface area contributed by atoms with Crippen molar-refractivity contribution in [2.75, 3.05) is 59.8 Å². The van der Waals surface area contributed by atoms with Crippen LogP contribution in [0.2, 0.25) is 0 Å². The Kier molecular flexibility index (Phi) is 11.7. The van der Waals surface area contributed by atoms with Gasteiger partial charge in [0.2, 0.25) is 17.7 Å². The number of piperazine rings is 1. The van der Waals surface area contributed by atoms with E-state index in [1.165, 1.54) is 6.07 Å². The van der Waals surface area contributed by atoms with E-state index >= 15 is 0 Å². The van der Waals surface area contributed by atoms with Gasteiger partial charge in [0.25, 0.3) is 5.91 Å². The molecule has 0 bridgehead atoms. The Labute approximate surface area is 356 Å². The Balaban J connectivity index is 0.874. The summed E-state index contributed by atoms with van der Waals surface area (Å²) in [6.45, 7) is 5.68. The monoisotopic (exact) mass is 857 g/mol. The second-order valence-electron chi connectivity index (χ2n) is 16.3. The summed E-state index contributed by atoms with van der Waals surface area (Å²) in [7, 11) is 0. The number of pyridine rings is 1. The number of carbonyl (C=O) groups is 4. The predicted octanol–water partition coefficient (Wildman–Crippen LogP) is 5.54. The summed E-state index contributed by atoms with van der Waals surface area (Å²) >= 11 is 5.84. The quantitative estimate of drug-likeness (QED) is 0.146. The fourth-order valence-electron chi connectivity index (χ4n) is 8.75. The average molecular weight is 858 g/mol. The number of imide groups is 1. The lowest BCUT2D eigenvalue weighted by Crippen LogP contribution is -2.55. The molecule has 3 N–H and O–H groups in total. The van der Waals surface area contributed by atoms with Crippen molar-refractivity contribution in [1.29, 1.82) is 5.26 Å². The molecule has 8 rings (SSSR count). The van der Waals surface area contributed by atoms with Crippen LogP contribution in [-0.2, 0) is 25.4 Å². The number of piperidine rings is 1. The number of amides is 4. The second-order valence-corrected chi connectivity index (χ2v) is 16.7. The van der Waals surface area contributed by atoms with Crippen LogP contribution in [0.4, 0.5) is 35.9 Å². The van der Waals surface area contributed by atoms with Gasteiger partial charge in [-0.1, -0.05) is 13.0 Å². The van der Waals surface area contributed by atoms with Gasteiger partial charge in [-0.05, 0) is 111 Å². The Hall–Kier alpha value is -5.64. The van der Waals surface area contributed by atoms with E-state index in [-0.39, 0.29) is 53.4 Å². The highest BCUT2D eigenvalue weighted by atomic mass is 32.1. The summed E-state index contributed by atoms with van der Waals surface area (Å²) in [6.07, 6.45) is 1.48. The highest BCUT2D eigenvalue weighted by Gasteiger charge is 2.60. The molecular weight excluding hydrogens is 812 g/mol. The number of benzene rings is 2. The number of alkyl halides is 3. The smallest absolute Gasteiger partial charge is 0.419 e. The topological polar surface area (TPSA) is 163 Å². The van der Waals surface area contributed by atoms with Gasteiger partial charge < -0.3 is 20.3 Å². The molecule has 3 aliphatic heterocycles. The largest absolute Gasteiger partial charge is 0.492 e. The maximum absolute atomic E-state index is 14.0. The number of rotatable bonds is 13. The van der Waals surface area contributed by atoms with Crippen molar-refractivity contribution in [3.05, 3.63) is 71.5 Å². The fraction of sp³-hybridized carbons (Fsp3) is 0.465. The van der Waals surface area contributed by atoms with Crippen LogP contribution in [0.25, 0.3) is 0 Å². The van der Waals surface area contributed by atoms with Gasteiger partial charge >= 0.3 is 6.18 Å². The first-order valence-corrected chi connectivity index (χ1v) is 21.1. The molecule has 2 atom stereocenters. The van der Waals surface area contributed by atoms with Crippen LogP contribution in [0.15, 0.2) is 54.7 Å². The van der Waals surface area contributed by atoms with Gasteiger partial charge in [-0.3, -0.25) is 39.2 Å². The predicted molar refractivity (Wildman–Crippen MR) is 224 cm³/mol. The first kappa shape index (κ1) is 42.1. The normalized spacial score (nSPS) is 21.9. The molecular formula is C43H46F3N9O5S. The third kappa shape index (κ3) is 8.64. The number of aromatic nitrogens is 1. The third-order valence-electron chi connectivity index (χ3n) is 12.3. The van der Waals surface area contributed by atoms with Crippen molar-refractivity contribution in [2.24, 2.45) is 0 Å². The van der Waals surface area contributed by atoms with Gasteiger partial charge in [-0.2, -0.15) is 18.4 Å². The molecule has 2 aromatic carbocycles. The molecule has 5 fully saturated rings. The van der Waals surface area contributed by atoms with E-state index in [4.69, 9.17) is 17.0 Å². The van der Waals surface area contributed by atoms with Crippen LogP contribution in [0.1, 0.15) is 81.0 Å². The van der Waals surface area contributed by atoms with E-state index in [1.807, 2.05) is 24.3 Å². The number of hydrogen-bond donors (Lipinski definition) is 3. The summed E-state index contributed by atoms with van der Waals surface area (Å²) < 4.78 is 48.0. The molecule has 3 aromatic rings. The van der Waals surface area contributed by atoms with Crippen molar-refractivity contribution < 1.29 is 37.1 Å². The highest BCUT2D eigenvalue weighted by Crippen LogP contribution is 2.51.